The molecule has 2 aromatic rings. The number of aromatic nitrogens is 2. The Morgan fingerprint density at radius 1 is 1.35 bits per heavy atom. The summed E-state index contributed by atoms with van der Waals surface area (Å²) in [4.78, 5) is 20.3. The molecule has 1 heterocycles. The van der Waals surface area contributed by atoms with Crippen LogP contribution in [0.2, 0.25) is 5.02 Å². The third-order valence-electron chi connectivity index (χ3n) is 2.45. The molecule has 0 fully saturated rings. The third-order valence-corrected chi connectivity index (χ3v) is 3.68. The Bertz CT molecular complexity index is 664. The Morgan fingerprint density at radius 2 is 2.10 bits per heavy atom. The van der Waals surface area contributed by atoms with E-state index in [2.05, 4.69) is 31.2 Å². The van der Waals surface area contributed by atoms with Gasteiger partial charge in [0.05, 0.1) is 12.1 Å². The molecule has 0 aliphatic carbocycles. The molecule has 0 spiro atoms. The fourth-order valence-electron chi connectivity index (χ4n) is 1.51. The first kappa shape index (κ1) is 14.7. The molecule has 20 heavy (non-hydrogen) atoms. The highest BCUT2D eigenvalue weighted by atomic mass is 79.9. The molecule has 1 amide bonds. The van der Waals surface area contributed by atoms with E-state index < -0.39 is 0 Å². The van der Waals surface area contributed by atoms with Crippen LogP contribution in [0.5, 0.6) is 5.88 Å². The zero-order valence-electron chi connectivity index (χ0n) is 10.8. The molecule has 0 radical (unpaired) electrons. The summed E-state index contributed by atoms with van der Waals surface area (Å²) in [5.41, 5.74) is 1.11. The van der Waals surface area contributed by atoms with Gasteiger partial charge < -0.3 is 4.74 Å². The second-order valence-corrected chi connectivity index (χ2v) is 5.22. The van der Waals surface area contributed by atoms with E-state index in [4.69, 9.17) is 16.3 Å². The molecule has 0 bridgehead atoms. The van der Waals surface area contributed by atoms with Crippen LogP contribution in [0.4, 0.5) is 5.95 Å². The summed E-state index contributed by atoms with van der Waals surface area (Å²) < 4.78 is 5.75. The van der Waals surface area contributed by atoms with Gasteiger partial charge in [-0.2, -0.15) is 4.98 Å². The lowest BCUT2D eigenvalue weighted by atomic mass is 10.2. The van der Waals surface area contributed by atoms with Crippen molar-refractivity contribution in [2.75, 3.05) is 12.4 Å². The first-order valence-corrected chi connectivity index (χ1v) is 6.83. The van der Waals surface area contributed by atoms with Crippen molar-refractivity contribution in [3.8, 4) is 5.88 Å². The second kappa shape index (κ2) is 6.19. The number of hydrogen-bond acceptors (Lipinski definition) is 4. The number of nitrogens with zero attached hydrogens (tertiary/aromatic N) is 2. The molecule has 2 rings (SSSR count). The highest BCUT2D eigenvalue weighted by molar-refractivity contribution is 9.10. The standard InChI is InChI=1S/C13H11BrClN3O2/c1-7-5-11(20-2)17-13(16-7)18-12(19)8-3-4-9(14)10(15)6-8/h3-6H,1-2H3,(H,16,17,18,19). The maximum absolute atomic E-state index is 12.1. The average molecular weight is 357 g/mol. The van der Waals surface area contributed by atoms with Crippen molar-refractivity contribution in [1.29, 1.82) is 0 Å². The fraction of sp³-hybridized carbons (Fsp3) is 0.154. The SMILES string of the molecule is COc1cc(C)nc(NC(=O)c2ccc(Br)c(Cl)c2)n1. The maximum atomic E-state index is 12.1. The van der Waals surface area contributed by atoms with E-state index in [0.29, 0.717) is 22.2 Å². The van der Waals surface area contributed by atoms with Crippen molar-refractivity contribution >= 4 is 39.4 Å². The molecule has 5 nitrogen and oxygen atoms in total. The quantitative estimate of drug-likeness (QED) is 0.914. The molecule has 7 heteroatoms. The molecule has 104 valence electrons. The summed E-state index contributed by atoms with van der Waals surface area (Å²) in [6, 6.07) is 6.59. The number of aryl methyl sites for hydroxylation is 1. The zero-order valence-corrected chi connectivity index (χ0v) is 13.1. The lowest BCUT2D eigenvalue weighted by Gasteiger charge is -2.07. The van der Waals surface area contributed by atoms with Gasteiger partial charge >= 0.3 is 0 Å². The van der Waals surface area contributed by atoms with Crippen LogP contribution < -0.4 is 10.1 Å². The van der Waals surface area contributed by atoms with Crippen LogP contribution in [0, 0.1) is 6.92 Å². The van der Waals surface area contributed by atoms with E-state index >= 15 is 0 Å². The van der Waals surface area contributed by atoms with Gasteiger partial charge in [-0.25, -0.2) is 4.98 Å². The molecular formula is C13H11BrClN3O2. The van der Waals surface area contributed by atoms with Crippen LogP contribution in [0.3, 0.4) is 0 Å². The fourth-order valence-corrected chi connectivity index (χ4v) is 1.94. The van der Waals surface area contributed by atoms with Gasteiger partial charge in [-0.3, -0.25) is 10.1 Å². The second-order valence-electron chi connectivity index (χ2n) is 3.96. The Balaban J connectivity index is 2.23. The molecule has 0 unspecified atom stereocenters. The average Bonchev–Trinajstić information content (AvgIpc) is 2.41. The highest BCUT2D eigenvalue weighted by Crippen LogP contribution is 2.23. The van der Waals surface area contributed by atoms with Crippen LogP contribution >= 0.6 is 27.5 Å². The maximum Gasteiger partial charge on any atom is 0.258 e. The summed E-state index contributed by atoms with van der Waals surface area (Å²) in [6.45, 7) is 1.79. The predicted octanol–water partition coefficient (Wildman–Crippen LogP) is 3.46. The Labute approximate surface area is 129 Å². The molecule has 0 saturated heterocycles. The minimum Gasteiger partial charge on any atom is -0.481 e. The van der Waals surface area contributed by atoms with Gasteiger partial charge in [0.25, 0.3) is 5.91 Å². The van der Waals surface area contributed by atoms with Crippen LogP contribution in [0.15, 0.2) is 28.7 Å². The van der Waals surface area contributed by atoms with Crippen molar-refractivity contribution in [1.82, 2.24) is 9.97 Å². The monoisotopic (exact) mass is 355 g/mol. The number of carbonyl (C=O) groups is 1. The number of rotatable bonds is 3. The van der Waals surface area contributed by atoms with Gasteiger partial charge in [-0.05, 0) is 41.1 Å². The molecule has 0 aliphatic rings. The first-order valence-electron chi connectivity index (χ1n) is 5.65. The van der Waals surface area contributed by atoms with E-state index in [1.54, 1.807) is 31.2 Å². The van der Waals surface area contributed by atoms with E-state index in [9.17, 15) is 4.79 Å². The van der Waals surface area contributed by atoms with E-state index in [1.165, 1.54) is 7.11 Å². The summed E-state index contributed by atoms with van der Waals surface area (Å²) in [5.74, 6) is 0.236. The smallest absolute Gasteiger partial charge is 0.258 e. The number of halogens is 2. The van der Waals surface area contributed by atoms with Gasteiger partial charge in [-0.1, -0.05) is 11.6 Å². The number of nitrogens with one attached hydrogen (secondary N) is 1. The summed E-state index contributed by atoms with van der Waals surface area (Å²) >= 11 is 9.22. The Kier molecular flexibility index (Phi) is 4.57. The van der Waals surface area contributed by atoms with Crippen LogP contribution in [-0.4, -0.2) is 23.0 Å². The van der Waals surface area contributed by atoms with Gasteiger partial charge in [0.15, 0.2) is 0 Å². The third kappa shape index (κ3) is 3.46. The van der Waals surface area contributed by atoms with Crippen LogP contribution in [-0.2, 0) is 0 Å². The summed E-state index contributed by atoms with van der Waals surface area (Å²) in [5, 5.41) is 3.06. The van der Waals surface area contributed by atoms with Crippen molar-refractivity contribution in [3.05, 3.63) is 45.0 Å². The van der Waals surface area contributed by atoms with Crippen molar-refractivity contribution in [2.45, 2.75) is 6.92 Å². The van der Waals surface area contributed by atoms with Crippen LogP contribution in [0.1, 0.15) is 16.1 Å². The van der Waals surface area contributed by atoms with E-state index in [1.807, 2.05) is 0 Å². The molecule has 1 N–H and O–H groups in total. The van der Waals surface area contributed by atoms with Gasteiger partial charge in [0, 0.05) is 21.8 Å². The number of anilines is 1. The molecule has 0 aliphatic heterocycles. The normalized spacial score (nSPS) is 10.2. The minimum absolute atomic E-state index is 0.186. The largest absolute Gasteiger partial charge is 0.481 e. The van der Waals surface area contributed by atoms with Gasteiger partial charge in [0.1, 0.15) is 0 Å². The number of carbonyl (C=O) groups excluding carboxylic acids is 1. The summed E-state index contributed by atoms with van der Waals surface area (Å²) in [7, 11) is 1.50. The van der Waals surface area contributed by atoms with Gasteiger partial charge in [0.2, 0.25) is 11.8 Å². The van der Waals surface area contributed by atoms with Crippen molar-refractivity contribution < 1.29 is 9.53 Å². The van der Waals surface area contributed by atoms with Crippen molar-refractivity contribution in [3.63, 3.8) is 0 Å². The van der Waals surface area contributed by atoms with Gasteiger partial charge in [-0.15, -0.1) is 0 Å². The molecular weight excluding hydrogens is 346 g/mol. The number of amides is 1. The lowest BCUT2D eigenvalue weighted by Crippen LogP contribution is -2.14. The Morgan fingerprint density at radius 3 is 2.75 bits per heavy atom. The van der Waals surface area contributed by atoms with Crippen LogP contribution in [0.25, 0.3) is 0 Å². The first-order chi connectivity index (χ1) is 9.49. The molecule has 0 atom stereocenters. The summed E-state index contributed by atoms with van der Waals surface area (Å²) in [6.07, 6.45) is 0. The molecule has 1 aromatic heterocycles. The topological polar surface area (TPSA) is 64.1 Å². The minimum atomic E-state index is -0.341. The lowest BCUT2D eigenvalue weighted by molar-refractivity contribution is 0.102. The number of benzene rings is 1. The van der Waals surface area contributed by atoms with Crippen molar-refractivity contribution in [2.24, 2.45) is 0 Å². The molecule has 0 saturated carbocycles. The van der Waals surface area contributed by atoms with E-state index in [-0.39, 0.29) is 11.9 Å². The molecule has 1 aromatic carbocycles. The number of methoxy groups -OCH3 is 1. The zero-order chi connectivity index (χ0) is 14.7. The number of hydrogen-bond donors (Lipinski definition) is 1. The highest BCUT2D eigenvalue weighted by Gasteiger charge is 2.11. The van der Waals surface area contributed by atoms with E-state index in [0.717, 1.165) is 4.47 Å². The Hall–Kier alpha value is -1.66. The number of ether oxygens (including phenoxy) is 1. The predicted molar refractivity (Wildman–Crippen MR) is 80.4 cm³/mol.